The maximum atomic E-state index is 5.85. The molecular formula is C13H17ClN2O. The average molecular weight is 253 g/mol. The fourth-order valence-corrected chi connectivity index (χ4v) is 1.74. The normalized spacial score (nSPS) is 19.5. The molecule has 0 saturated carbocycles. The van der Waals surface area contributed by atoms with Crippen molar-refractivity contribution >= 4 is 11.6 Å². The van der Waals surface area contributed by atoms with Crippen molar-refractivity contribution in [2.24, 2.45) is 11.1 Å². The second kappa shape index (κ2) is 4.59. The Morgan fingerprint density at radius 1 is 1.35 bits per heavy atom. The lowest BCUT2D eigenvalue weighted by atomic mass is 9.90. The van der Waals surface area contributed by atoms with Gasteiger partial charge in [-0.1, -0.05) is 37.6 Å². The van der Waals surface area contributed by atoms with Gasteiger partial charge >= 0.3 is 0 Å². The molecule has 0 amide bonds. The first kappa shape index (κ1) is 12.3. The van der Waals surface area contributed by atoms with Crippen LogP contribution in [0, 0.1) is 5.41 Å². The molecular weight excluding hydrogens is 236 g/mol. The van der Waals surface area contributed by atoms with Gasteiger partial charge in [0.2, 0.25) is 0 Å². The molecule has 1 atom stereocenters. The van der Waals surface area contributed by atoms with E-state index in [1.807, 2.05) is 24.3 Å². The summed E-state index contributed by atoms with van der Waals surface area (Å²) in [7, 11) is 0. The zero-order valence-electron chi connectivity index (χ0n) is 10.0. The number of halogens is 1. The maximum absolute atomic E-state index is 5.85. The summed E-state index contributed by atoms with van der Waals surface area (Å²) in [5, 5.41) is 4.06. The topological polar surface area (TPSA) is 47.3 Å². The van der Waals surface area contributed by atoms with E-state index in [2.05, 4.69) is 19.2 Å². The third-order valence-electron chi connectivity index (χ3n) is 3.02. The highest BCUT2D eigenvalue weighted by molar-refractivity contribution is 6.30. The molecule has 2 rings (SSSR count). The minimum atomic E-state index is -0.145. The highest BCUT2D eigenvalue weighted by atomic mass is 35.5. The third kappa shape index (κ3) is 2.56. The molecule has 1 heterocycles. The van der Waals surface area contributed by atoms with E-state index in [-0.39, 0.29) is 11.6 Å². The van der Waals surface area contributed by atoms with E-state index in [1.54, 1.807) is 6.26 Å². The van der Waals surface area contributed by atoms with Gasteiger partial charge in [0.15, 0.2) is 6.23 Å². The van der Waals surface area contributed by atoms with Crippen LogP contribution in [0.5, 0.6) is 0 Å². The number of hydrogen-bond donors (Lipinski definition) is 2. The monoisotopic (exact) mass is 252 g/mol. The minimum absolute atomic E-state index is 0.0961. The molecule has 0 aliphatic carbocycles. The Bertz CT molecular complexity index is 426. The largest absolute Gasteiger partial charge is 0.472 e. The number of benzene rings is 1. The van der Waals surface area contributed by atoms with Gasteiger partial charge in [0.25, 0.3) is 0 Å². The van der Waals surface area contributed by atoms with Gasteiger partial charge in [-0.25, -0.2) is 0 Å². The van der Waals surface area contributed by atoms with Crippen molar-refractivity contribution in [2.75, 3.05) is 6.54 Å². The van der Waals surface area contributed by atoms with E-state index in [9.17, 15) is 0 Å². The first-order valence-corrected chi connectivity index (χ1v) is 5.99. The zero-order valence-corrected chi connectivity index (χ0v) is 10.8. The van der Waals surface area contributed by atoms with Crippen LogP contribution < -0.4 is 11.1 Å². The molecule has 1 aliphatic heterocycles. The summed E-state index contributed by atoms with van der Waals surface area (Å²) in [5.41, 5.74) is 7.72. The molecule has 0 aromatic heterocycles. The minimum Gasteiger partial charge on any atom is -0.472 e. The summed E-state index contributed by atoms with van der Waals surface area (Å²) in [6, 6.07) is 7.61. The third-order valence-corrected chi connectivity index (χ3v) is 3.27. The maximum Gasteiger partial charge on any atom is 0.195 e. The van der Waals surface area contributed by atoms with Crippen molar-refractivity contribution in [3.8, 4) is 0 Å². The lowest BCUT2D eigenvalue weighted by molar-refractivity contribution is 0.153. The van der Waals surface area contributed by atoms with Crippen LogP contribution in [-0.4, -0.2) is 6.54 Å². The number of hydrogen-bond acceptors (Lipinski definition) is 3. The summed E-state index contributed by atoms with van der Waals surface area (Å²) in [5.74, 6) is 0. The van der Waals surface area contributed by atoms with Gasteiger partial charge in [0.05, 0.1) is 5.70 Å². The van der Waals surface area contributed by atoms with Crippen LogP contribution in [0.3, 0.4) is 0 Å². The molecule has 1 aliphatic rings. The molecule has 0 fully saturated rings. The molecule has 0 saturated heterocycles. The summed E-state index contributed by atoms with van der Waals surface area (Å²) in [6.45, 7) is 4.74. The van der Waals surface area contributed by atoms with E-state index in [0.717, 1.165) is 16.3 Å². The summed E-state index contributed by atoms with van der Waals surface area (Å²) < 4.78 is 5.61. The van der Waals surface area contributed by atoms with Crippen LogP contribution in [0.1, 0.15) is 25.6 Å². The van der Waals surface area contributed by atoms with Gasteiger partial charge in [-0.15, -0.1) is 0 Å². The number of nitrogens with one attached hydrogen (secondary N) is 1. The first-order valence-electron chi connectivity index (χ1n) is 5.61. The molecule has 3 nitrogen and oxygen atoms in total. The van der Waals surface area contributed by atoms with Crippen molar-refractivity contribution in [1.82, 2.24) is 5.32 Å². The number of nitrogens with two attached hydrogens (primary N) is 1. The SMILES string of the molecule is CC(C)(CN)C1=COC(c2ccc(Cl)cc2)N1. The van der Waals surface area contributed by atoms with Crippen molar-refractivity contribution < 1.29 is 4.74 Å². The molecule has 4 heteroatoms. The Labute approximate surface area is 107 Å². The lowest BCUT2D eigenvalue weighted by Crippen LogP contribution is -2.32. The quantitative estimate of drug-likeness (QED) is 0.870. The Kier molecular flexibility index (Phi) is 3.31. The van der Waals surface area contributed by atoms with Crippen molar-refractivity contribution in [1.29, 1.82) is 0 Å². The van der Waals surface area contributed by atoms with Crippen molar-refractivity contribution in [3.05, 3.63) is 46.8 Å². The van der Waals surface area contributed by atoms with Gasteiger partial charge in [0, 0.05) is 22.5 Å². The second-order valence-corrected chi connectivity index (χ2v) is 5.27. The number of rotatable bonds is 3. The molecule has 1 unspecified atom stereocenters. The van der Waals surface area contributed by atoms with Gasteiger partial charge in [-0.2, -0.15) is 0 Å². The summed E-state index contributed by atoms with van der Waals surface area (Å²) in [6.07, 6.45) is 1.61. The Hall–Kier alpha value is -1.19. The smallest absolute Gasteiger partial charge is 0.195 e. The molecule has 17 heavy (non-hydrogen) atoms. The van der Waals surface area contributed by atoms with Crippen LogP contribution in [0.2, 0.25) is 5.02 Å². The molecule has 1 aromatic carbocycles. The van der Waals surface area contributed by atoms with Gasteiger partial charge in [-0.05, 0) is 12.1 Å². The molecule has 0 bridgehead atoms. The van der Waals surface area contributed by atoms with Crippen molar-refractivity contribution in [2.45, 2.75) is 20.1 Å². The Balaban J connectivity index is 2.08. The molecule has 0 spiro atoms. The summed E-state index contributed by atoms with van der Waals surface area (Å²) >= 11 is 5.85. The standard InChI is InChI=1S/C13H17ClN2O/c1-13(2,8-15)11-7-17-12(16-11)9-3-5-10(14)6-4-9/h3-7,12,16H,8,15H2,1-2H3. The highest BCUT2D eigenvalue weighted by Gasteiger charge is 2.29. The Morgan fingerprint density at radius 3 is 2.59 bits per heavy atom. The summed E-state index contributed by atoms with van der Waals surface area (Å²) in [4.78, 5) is 0. The second-order valence-electron chi connectivity index (χ2n) is 4.83. The fourth-order valence-electron chi connectivity index (χ4n) is 1.61. The first-order chi connectivity index (χ1) is 8.03. The van der Waals surface area contributed by atoms with Crippen LogP contribution in [0.4, 0.5) is 0 Å². The van der Waals surface area contributed by atoms with E-state index in [1.165, 1.54) is 0 Å². The van der Waals surface area contributed by atoms with E-state index < -0.39 is 0 Å². The molecule has 1 aromatic rings. The van der Waals surface area contributed by atoms with E-state index >= 15 is 0 Å². The van der Waals surface area contributed by atoms with Gasteiger partial charge in [-0.3, -0.25) is 0 Å². The van der Waals surface area contributed by atoms with Crippen LogP contribution in [0.25, 0.3) is 0 Å². The van der Waals surface area contributed by atoms with Crippen LogP contribution >= 0.6 is 11.6 Å². The van der Waals surface area contributed by atoms with Crippen LogP contribution in [-0.2, 0) is 4.74 Å². The van der Waals surface area contributed by atoms with E-state index in [4.69, 9.17) is 22.1 Å². The van der Waals surface area contributed by atoms with E-state index in [0.29, 0.717) is 6.54 Å². The highest BCUT2D eigenvalue weighted by Crippen LogP contribution is 2.31. The van der Waals surface area contributed by atoms with Crippen molar-refractivity contribution in [3.63, 3.8) is 0 Å². The lowest BCUT2D eigenvalue weighted by Gasteiger charge is -2.24. The average Bonchev–Trinajstić information content (AvgIpc) is 2.80. The Morgan fingerprint density at radius 2 is 2.00 bits per heavy atom. The fraction of sp³-hybridized carbons (Fsp3) is 0.385. The molecule has 92 valence electrons. The van der Waals surface area contributed by atoms with Crippen LogP contribution in [0.15, 0.2) is 36.2 Å². The molecule has 0 radical (unpaired) electrons. The molecule has 3 N–H and O–H groups in total. The van der Waals surface area contributed by atoms with Gasteiger partial charge < -0.3 is 15.8 Å². The van der Waals surface area contributed by atoms with Gasteiger partial charge in [0.1, 0.15) is 6.26 Å². The predicted octanol–water partition coefficient (Wildman–Crippen LogP) is 2.78. The zero-order chi connectivity index (χ0) is 12.5. The predicted molar refractivity (Wildman–Crippen MR) is 69.3 cm³/mol. The number of ether oxygens (including phenoxy) is 1.